The number of fused-ring (bicyclic) bond motifs is 1. The Morgan fingerprint density at radius 2 is 2.11 bits per heavy atom. The van der Waals surface area contributed by atoms with Crippen LogP contribution in [-0.4, -0.2) is 10.6 Å². The van der Waals surface area contributed by atoms with E-state index in [1.54, 1.807) is 6.08 Å². The average molecular weight is 319 g/mol. The molecule has 0 saturated heterocycles. The molecule has 1 aromatic carbocycles. The SMILES string of the molecule is Cn1cc(Br)c2ccc(C3(N=C=O)CCCC3)cc21. The molecule has 1 fully saturated rings. The quantitative estimate of drug-likeness (QED) is 0.607. The van der Waals surface area contributed by atoms with Gasteiger partial charge in [0.2, 0.25) is 6.08 Å². The van der Waals surface area contributed by atoms with E-state index in [0.29, 0.717) is 0 Å². The summed E-state index contributed by atoms with van der Waals surface area (Å²) >= 11 is 3.56. The smallest absolute Gasteiger partial charge is 0.235 e. The fraction of sp³-hybridized carbons (Fsp3) is 0.400. The Morgan fingerprint density at radius 3 is 2.79 bits per heavy atom. The molecule has 1 aliphatic carbocycles. The molecule has 19 heavy (non-hydrogen) atoms. The summed E-state index contributed by atoms with van der Waals surface area (Å²) in [5.74, 6) is 0. The van der Waals surface area contributed by atoms with Gasteiger partial charge in [0.25, 0.3) is 0 Å². The van der Waals surface area contributed by atoms with E-state index in [1.165, 1.54) is 5.39 Å². The highest BCUT2D eigenvalue weighted by atomic mass is 79.9. The number of aliphatic imine (C=N–C) groups is 1. The van der Waals surface area contributed by atoms with Crippen molar-refractivity contribution in [1.82, 2.24) is 4.57 Å². The Morgan fingerprint density at radius 1 is 1.37 bits per heavy atom. The molecule has 1 heterocycles. The Kier molecular flexibility index (Phi) is 3.08. The summed E-state index contributed by atoms with van der Waals surface area (Å²) in [5, 5.41) is 1.19. The molecule has 1 aliphatic rings. The lowest BCUT2D eigenvalue weighted by molar-refractivity contribution is 0.456. The molecule has 0 radical (unpaired) electrons. The average Bonchev–Trinajstić information content (AvgIpc) is 2.97. The number of halogens is 1. The largest absolute Gasteiger partial charge is 0.349 e. The van der Waals surface area contributed by atoms with Crippen molar-refractivity contribution >= 4 is 32.9 Å². The predicted molar refractivity (Wildman–Crippen MR) is 78.9 cm³/mol. The molecule has 4 heteroatoms. The molecule has 98 valence electrons. The monoisotopic (exact) mass is 318 g/mol. The van der Waals surface area contributed by atoms with Gasteiger partial charge in [-0.25, -0.2) is 4.79 Å². The van der Waals surface area contributed by atoms with Crippen molar-refractivity contribution < 1.29 is 4.79 Å². The van der Waals surface area contributed by atoms with Gasteiger partial charge >= 0.3 is 0 Å². The zero-order valence-corrected chi connectivity index (χ0v) is 12.4. The number of isocyanates is 1. The van der Waals surface area contributed by atoms with Crippen molar-refractivity contribution in [1.29, 1.82) is 0 Å². The molecule has 0 unspecified atom stereocenters. The van der Waals surface area contributed by atoms with Crippen LogP contribution in [0.2, 0.25) is 0 Å². The zero-order valence-electron chi connectivity index (χ0n) is 10.8. The second kappa shape index (κ2) is 4.62. The second-order valence-electron chi connectivity index (χ2n) is 5.26. The molecule has 0 atom stereocenters. The molecule has 3 rings (SSSR count). The maximum atomic E-state index is 10.8. The van der Waals surface area contributed by atoms with Crippen LogP contribution in [0.15, 0.2) is 33.9 Å². The van der Waals surface area contributed by atoms with Gasteiger partial charge in [0.15, 0.2) is 0 Å². The summed E-state index contributed by atoms with van der Waals surface area (Å²) in [5.41, 5.74) is 1.96. The fourth-order valence-electron chi connectivity index (χ4n) is 3.14. The minimum absolute atomic E-state index is 0.341. The summed E-state index contributed by atoms with van der Waals surface area (Å²) in [6, 6.07) is 6.36. The van der Waals surface area contributed by atoms with E-state index >= 15 is 0 Å². The number of hydrogen-bond acceptors (Lipinski definition) is 2. The van der Waals surface area contributed by atoms with E-state index in [2.05, 4.69) is 49.9 Å². The van der Waals surface area contributed by atoms with Gasteiger partial charge in [-0.05, 0) is 40.4 Å². The lowest BCUT2D eigenvalue weighted by atomic mass is 9.88. The van der Waals surface area contributed by atoms with Crippen molar-refractivity contribution in [3.8, 4) is 0 Å². The second-order valence-corrected chi connectivity index (χ2v) is 6.12. The topological polar surface area (TPSA) is 34.4 Å². The van der Waals surface area contributed by atoms with Crippen LogP contribution in [0, 0.1) is 0 Å². The van der Waals surface area contributed by atoms with E-state index in [1.807, 2.05) is 7.05 Å². The summed E-state index contributed by atoms with van der Waals surface area (Å²) in [7, 11) is 2.03. The third-order valence-electron chi connectivity index (χ3n) is 4.17. The number of rotatable bonds is 2. The van der Waals surface area contributed by atoms with Crippen LogP contribution in [-0.2, 0) is 17.4 Å². The van der Waals surface area contributed by atoms with Crippen molar-refractivity contribution in [2.75, 3.05) is 0 Å². The first kappa shape index (κ1) is 12.6. The number of hydrogen-bond donors (Lipinski definition) is 0. The first-order valence-corrected chi connectivity index (χ1v) is 7.30. The van der Waals surface area contributed by atoms with Gasteiger partial charge < -0.3 is 4.57 Å². The summed E-state index contributed by atoms with van der Waals surface area (Å²) < 4.78 is 3.19. The molecular weight excluding hydrogens is 304 g/mol. The number of aryl methyl sites for hydroxylation is 1. The maximum absolute atomic E-state index is 10.8. The van der Waals surface area contributed by atoms with E-state index in [4.69, 9.17) is 0 Å². The summed E-state index contributed by atoms with van der Waals surface area (Å²) in [6.45, 7) is 0. The highest BCUT2D eigenvalue weighted by molar-refractivity contribution is 9.10. The lowest BCUT2D eigenvalue weighted by Crippen LogP contribution is -2.18. The third-order valence-corrected chi connectivity index (χ3v) is 4.80. The van der Waals surface area contributed by atoms with Gasteiger partial charge in [-0.15, -0.1) is 0 Å². The molecule has 0 aliphatic heterocycles. The Bertz CT molecular complexity index is 677. The first-order valence-electron chi connectivity index (χ1n) is 6.50. The molecule has 1 aromatic heterocycles. The molecule has 1 saturated carbocycles. The van der Waals surface area contributed by atoms with Crippen molar-refractivity contribution in [2.45, 2.75) is 31.2 Å². The number of benzene rings is 1. The van der Waals surface area contributed by atoms with Crippen LogP contribution in [0.1, 0.15) is 31.2 Å². The number of carbonyl (C=O) groups excluding carboxylic acids is 1. The van der Waals surface area contributed by atoms with Gasteiger partial charge in [-0.1, -0.05) is 25.0 Å². The molecule has 2 aromatic rings. The van der Waals surface area contributed by atoms with E-state index in [9.17, 15) is 4.79 Å². The Labute approximate surface area is 120 Å². The minimum Gasteiger partial charge on any atom is -0.349 e. The maximum Gasteiger partial charge on any atom is 0.235 e. The van der Waals surface area contributed by atoms with Gasteiger partial charge in [-0.2, -0.15) is 4.99 Å². The highest BCUT2D eigenvalue weighted by Gasteiger charge is 2.35. The molecular formula is C15H15BrN2O. The normalized spacial score (nSPS) is 17.6. The standard InChI is InChI=1S/C15H15BrN2O/c1-18-9-13(16)12-5-4-11(8-14(12)18)15(17-10-19)6-2-3-7-15/h4-5,8-9H,2-3,6-7H2,1H3. The van der Waals surface area contributed by atoms with Crippen LogP contribution in [0.4, 0.5) is 0 Å². The van der Waals surface area contributed by atoms with Crippen LogP contribution in [0.3, 0.4) is 0 Å². The van der Waals surface area contributed by atoms with Crippen molar-refractivity contribution in [3.05, 3.63) is 34.4 Å². The number of aromatic nitrogens is 1. The van der Waals surface area contributed by atoms with E-state index < -0.39 is 0 Å². The van der Waals surface area contributed by atoms with Gasteiger partial charge in [0, 0.05) is 28.6 Å². The number of nitrogens with zero attached hydrogens (tertiary/aromatic N) is 2. The van der Waals surface area contributed by atoms with Gasteiger partial charge in [0.1, 0.15) is 0 Å². The van der Waals surface area contributed by atoms with Crippen LogP contribution >= 0.6 is 15.9 Å². The third kappa shape index (κ3) is 1.96. The van der Waals surface area contributed by atoms with E-state index in [0.717, 1.165) is 41.2 Å². The summed E-state index contributed by atoms with van der Waals surface area (Å²) in [6.07, 6.45) is 7.97. The first-order chi connectivity index (χ1) is 9.16. The lowest BCUT2D eigenvalue weighted by Gasteiger charge is -2.23. The fourth-order valence-corrected chi connectivity index (χ4v) is 3.78. The van der Waals surface area contributed by atoms with Crippen molar-refractivity contribution in [2.24, 2.45) is 12.0 Å². The van der Waals surface area contributed by atoms with Crippen molar-refractivity contribution in [3.63, 3.8) is 0 Å². The molecule has 0 N–H and O–H groups in total. The van der Waals surface area contributed by atoms with E-state index in [-0.39, 0.29) is 5.54 Å². The zero-order chi connectivity index (χ0) is 13.5. The highest BCUT2D eigenvalue weighted by Crippen LogP contribution is 2.43. The molecule has 0 bridgehead atoms. The molecule has 0 spiro atoms. The molecule has 0 amide bonds. The predicted octanol–water partition coefficient (Wildman–Crippen LogP) is 4.05. The Balaban J connectivity index is 2.19. The Hall–Kier alpha value is -1.38. The summed E-state index contributed by atoms with van der Waals surface area (Å²) in [4.78, 5) is 14.9. The minimum atomic E-state index is -0.341. The molecule has 3 nitrogen and oxygen atoms in total. The van der Waals surface area contributed by atoms with Gasteiger partial charge in [-0.3, -0.25) is 0 Å². The van der Waals surface area contributed by atoms with Crippen LogP contribution in [0.5, 0.6) is 0 Å². The van der Waals surface area contributed by atoms with Crippen LogP contribution < -0.4 is 0 Å². The van der Waals surface area contributed by atoms with Gasteiger partial charge in [0.05, 0.1) is 5.54 Å². The van der Waals surface area contributed by atoms with Crippen LogP contribution in [0.25, 0.3) is 10.9 Å².